The van der Waals surface area contributed by atoms with Crippen molar-refractivity contribution >= 4 is 0 Å². The van der Waals surface area contributed by atoms with Crippen LogP contribution in [-0.2, 0) is 4.74 Å². The number of hydrogen-bond donors (Lipinski definition) is 1. The van der Waals surface area contributed by atoms with Crippen molar-refractivity contribution < 1.29 is 4.74 Å². The van der Waals surface area contributed by atoms with Crippen LogP contribution in [0.1, 0.15) is 27.7 Å². The largest absolute Gasteiger partial charge is 0.375 e. The molecule has 3 heteroatoms. The lowest BCUT2D eigenvalue weighted by Crippen LogP contribution is -2.44. The molecule has 0 rings (SSSR count). The Kier molecular flexibility index (Phi) is 6.33. The fraction of sp³-hybridized carbons (Fsp3) is 1.00. The molecule has 86 valence electrons. The first kappa shape index (κ1) is 13.9. The first-order chi connectivity index (χ1) is 6.40. The topological polar surface area (TPSA) is 24.5 Å². The van der Waals surface area contributed by atoms with Gasteiger partial charge in [-0.25, -0.2) is 0 Å². The summed E-state index contributed by atoms with van der Waals surface area (Å²) in [7, 11) is 4.16. The predicted molar refractivity (Wildman–Crippen MR) is 61.7 cm³/mol. The maximum atomic E-state index is 5.77. The van der Waals surface area contributed by atoms with Crippen LogP contribution in [0.3, 0.4) is 0 Å². The van der Waals surface area contributed by atoms with Crippen molar-refractivity contribution in [3.63, 3.8) is 0 Å². The monoisotopic (exact) mass is 202 g/mol. The van der Waals surface area contributed by atoms with E-state index in [1.807, 2.05) is 0 Å². The van der Waals surface area contributed by atoms with Gasteiger partial charge in [0.2, 0.25) is 0 Å². The number of nitrogens with one attached hydrogen (secondary N) is 1. The molecule has 0 bridgehead atoms. The molecular formula is C11H26N2O. The first-order valence-corrected chi connectivity index (χ1v) is 5.40. The number of likely N-dealkylation sites (N-methyl/N-ethyl adjacent to an activating group) is 2. The van der Waals surface area contributed by atoms with E-state index in [0.717, 1.165) is 19.7 Å². The lowest BCUT2D eigenvalue weighted by Gasteiger charge is -2.33. The van der Waals surface area contributed by atoms with Gasteiger partial charge in [0, 0.05) is 12.1 Å². The van der Waals surface area contributed by atoms with Crippen molar-refractivity contribution in [3.05, 3.63) is 0 Å². The zero-order valence-electron chi connectivity index (χ0n) is 10.6. The maximum Gasteiger partial charge on any atom is 0.0672 e. The third kappa shape index (κ3) is 5.58. The van der Waals surface area contributed by atoms with Gasteiger partial charge in [0.25, 0.3) is 0 Å². The van der Waals surface area contributed by atoms with Gasteiger partial charge in [-0.15, -0.1) is 0 Å². The Labute approximate surface area is 88.8 Å². The van der Waals surface area contributed by atoms with Gasteiger partial charge in [-0.05, 0) is 41.4 Å². The molecule has 1 unspecified atom stereocenters. The van der Waals surface area contributed by atoms with Gasteiger partial charge in [-0.3, -0.25) is 0 Å². The summed E-state index contributed by atoms with van der Waals surface area (Å²) in [6.07, 6.45) is 0.286. The van der Waals surface area contributed by atoms with Crippen LogP contribution in [0.5, 0.6) is 0 Å². The van der Waals surface area contributed by atoms with Crippen LogP contribution >= 0.6 is 0 Å². The number of nitrogens with zero attached hydrogens (tertiary/aromatic N) is 1. The number of hydrogen-bond acceptors (Lipinski definition) is 3. The molecule has 0 aromatic carbocycles. The van der Waals surface area contributed by atoms with Crippen LogP contribution in [0, 0.1) is 0 Å². The van der Waals surface area contributed by atoms with Crippen LogP contribution < -0.4 is 5.32 Å². The predicted octanol–water partition coefficient (Wildman–Crippen LogP) is 1.34. The van der Waals surface area contributed by atoms with Crippen LogP contribution in [0.15, 0.2) is 0 Å². The lowest BCUT2D eigenvalue weighted by atomic mass is 10.1. The molecule has 0 spiro atoms. The summed E-state index contributed by atoms with van der Waals surface area (Å²) in [4.78, 5) is 2.19. The Morgan fingerprint density at radius 3 is 2.36 bits per heavy atom. The van der Waals surface area contributed by atoms with Crippen molar-refractivity contribution in [1.29, 1.82) is 0 Å². The minimum absolute atomic E-state index is 0.112. The smallest absolute Gasteiger partial charge is 0.0672 e. The minimum atomic E-state index is 0.112. The molecule has 0 aliphatic carbocycles. The fourth-order valence-electron chi connectivity index (χ4n) is 0.882. The van der Waals surface area contributed by atoms with Gasteiger partial charge in [0.05, 0.1) is 12.7 Å². The van der Waals surface area contributed by atoms with Crippen molar-refractivity contribution in [1.82, 2.24) is 10.2 Å². The molecule has 14 heavy (non-hydrogen) atoms. The lowest BCUT2D eigenvalue weighted by molar-refractivity contribution is -0.00283. The molecular weight excluding hydrogens is 176 g/mol. The molecule has 0 saturated heterocycles. The molecule has 0 aromatic heterocycles. The molecule has 0 heterocycles. The van der Waals surface area contributed by atoms with Crippen LogP contribution in [0.2, 0.25) is 0 Å². The highest BCUT2D eigenvalue weighted by molar-refractivity contribution is 4.76. The van der Waals surface area contributed by atoms with Crippen molar-refractivity contribution in [2.45, 2.75) is 39.3 Å². The number of ether oxygens (including phenoxy) is 1. The summed E-state index contributed by atoms with van der Waals surface area (Å²) in [5.41, 5.74) is 0.112. The summed E-state index contributed by atoms with van der Waals surface area (Å²) < 4.78 is 5.77. The highest BCUT2D eigenvalue weighted by Crippen LogP contribution is 2.11. The van der Waals surface area contributed by atoms with E-state index < -0.39 is 0 Å². The van der Waals surface area contributed by atoms with Gasteiger partial charge < -0.3 is 15.0 Å². The molecule has 0 amide bonds. The van der Waals surface area contributed by atoms with E-state index in [0.29, 0.717) is 0 Å². The highest BCUT2D eigenvalue weighted by Gasteiger charge is 2.21. The van der Waals surface area contributed by atoms with E-state index in [9.17, 15) is 0 Å². The average molecular weight is 202 g/mol. The van der Waals surface area contributed by atoms with E-state index >= 15 is 0 Å². The summed E-state index contributed by atoms with van der Waals surface area (Å²) in [5, 5.41) is 3.27. The molecule has 0 aromatic rings. The fourth-order valence-corrected chi connectivity index (χ4v) is 0.882. The van der Waals surface area contributed by atoms with Crippen molar-refractivity contribution in [3.8, 4) is 0 Å². The van der Waals surface area contributed by atoms with Crippen LogP contribution in [0.4, 0.5) is 0 Å². The van der Waals surface area contributed by atoms with E-state index in [1.165, 1.54) is 0 Å². The second-order valence-electron chi connectivity index (χ2n) is 4.64. The Morgan fingerprint density at radius 2 is 1.93 bits per heavy atom. The van der Waals surface area contributed by atoms with Crippen molar-refractivity contribution in [2.75, 3.05) is 33.8 Å². The molecule has 1 N–H and O–H groups in total. The van der Waals surface area contributed by atoms with E-state index in [-0.39, 0.29) is 11.6 Å². The Hall–Kier alpha value is -0.120. The maximum absolute atomic E-state index is 5.77. The summed E-state index contributed by atoms with van der Waals surface area (Å²) in [6.45, 7) is 11.3. The van der Waals surface area contributed by atoms with Gasteiger partial charge in [-0.2, -0.15) is 0 Å². The molecule has 0 fully saturated rings. The number of rotatable bonds is 7. The third-order valence-corrected chi connectivity index (χ3v) is 2.61. The minimum Gasteiger partial charge on any atom is -0.375 e. The Balaban J connectivity index is 3.70. The first-order valence-electron chi connectivity index (χ1n) is 5.40. The second kappa shape index (κ2) is 6.38. The average Bonchev–Trinajstić information content (AvgIpc) is 2.11. The van der Waals surface area contributed by atoms with Gasteiger partial charge in [0.1, 0.15) is 0 Å². The van der Waals surface area contributed by atoms with Crippen LogP contribution in [0.25, 0.3) is 0 Å². The van der Waals surface area contributed by atoms with Crippen LogP contribution in [-0.4, -0.2) is 50.3 Å². The van der Waals surface area contributed by atoms with Gasteiger partial charge in [-0.1, -0.05) is 6.92 Å². The third-order valence-electron chi connectivity index (χ3n) is 2.61. The van der Waals surface area contributed by atoms with Crippen molar-refractivity contribution in [2.24, 2.45) is 0 Å². The normalized spacial score (nSPS) is 14.8. The quantitative estimate of drug-likeness (QED) is 0.674. The molecule has 1 atom stereocenters. The molecule has 0 aliphatic heterocycles. The molecule has 0 saturated carbocycles. The van der Waals surface area contributed by atoms with E-state index in [4.69, 9.17) is 4.74 Å². The van der Waals surface area contributed by atoms with E-state index in [2.05, 4.69) is 52.0 Å². The second-order valence-corrected chi connectivity index (χ2v) is 4.64. The highest BCUT2D eigenvalue weighted by atomic mass is 16.5. The summed E-state index contributed by atoms with van der Waals surface area (Å²) >= 11 is 0. The molecule has 3 nitrogen and oxygen atoms in total. The van der Waals surface area contributed by atoms with Gasteiger partial charge in [0.15, 0.2) is 0 Å². The Bertz CT molecular complexity index is 146. The summed E-state index contributed by atoms with van der Waals surface area (Å²) in [6, 6.07) is 0. The zero-order chi connectivity index (χ0) is 11.2. The standard InChI is InChI=1S/C11H26N2O/c1-7-12-8-10(2)14-9-11(3,4)13(5)6/h10,12H,7-9H2,1-6H3. The zero-order valence-corrected chi connectivity index (χ0v) is 10.6. The Morgan fingerprint density at radius 1 is 1.36 bits per heavy atom. The SMILES string of the molecule is CCNCC(C)OCC(C)(C)N(C)C. The van der Waals surface area contributed by atoms with E-state index in [1.54, 1.807) is 0 Å². The summed E-state index contributed by atoms with van der Waals surface area (Å²) in [5.74, 6) is 0. The molecule has 0 aliphatic rings. The van der Waals surface area contributed by atoms with Gasteiger partial charge >= 0.3 is 0 Å². The molecule has 0 radical (unpaired) electrons.